The van der Waals surface area contributed by atoms with Crippen LogP contribution in [0.3, 0.4) is 0 Å². The molecular weight excluding hydrogens is 556 g/mol. The van der Waals surface area contributed by atoms with Crippen LogP contribution in [0.2, 0.25) is 0 Å². The van der Waals surface area contributed by atoms with Crippen LogP contribution in [0, 0.1) is 5.92 Å². The summed E-state index contributed by atoms with van der Waals surface area (Å²) in [6, 6.07) is 0. The first-order valence-corrected chi connectivity index (χ1v) is 18.7. The zero-order chi connectivity index (χ0) is 32.0. The minimum Gasteiger partial charge on any atom is -0.462 e. The fraction of sp³-hybridized carbons (Fsp3) is 0.946. The number of rotatable bonds is 28. The molecule has 0 aromatic carbocycles. The van der Waals surface area contributed by atoms with Crippen LogP contribution >= 0.6 is 0 Å². The summed E-state index contributed by atoms with van der Waals surface area (Å²) in [5, 5.41) is 31.6. The number of ketones is 1. The number of esters is 1. The molecule has 2 unspecified atom stereocenters. The maximum atomic E-state index is 11.8. The van der Waals surface area contributed by atoms with Crippen LogP contribution < -0.4 is 0 Å². The van der Waals surface area contributed by atoms with E-state index in [0.29, 0.717) is 12.8 Å². The fourth-order valence-electron chi connectivity index (χ4n) is 7.04. The van der Waals surface area contributed by atoms with Gasteiger partial charge in [0.1, 0.15) is 11.9 Å². The van der Waals surface area contributed by atoms with Crippen molar-refractivity contribution >= 4 is 11.8 Å². The number of hydrogen-bond acceptors (Lipinski definition) is 7. The van der Waals surface area contributed by atoms with Gasteiger partial charge in [-0.3, -0.25) is 4.79 Å². The van der Waals surface area contributed by atoms with Gasteiger partial charge in [0, 0.05) is 6.42 Å². The average molecular weight is 625 g/mol. The van der Waals surface area contributed by atoms with E-state index in [-0.39, 0.29) is 48.5 Å². The molecule has 2 rings (SSSR count). The molecule has 0 radical (unpaired) electrons. The zero-order valence-electron chi connectivity index (χ0n) is 28.4. The first-order chi connectivity index (χ1) is 21.3. The van der Waals surface area contributed by atoms with Crippen LogP contribution in [0.15, 0.2) is 0 Å². The van der Waals surface area contributed by atoms with Gasteiger partial charge in [0.25, 0.3) is 0 Å². The van der Waals surface area contributed by atoms with Crippen molar-refractivity contribution in [3.05, 3.63) is 0 Å². The molecule has 2 fully saturated rings. The van der Waals surface area contributed by atoms with Gasteiger partial charge in [0.05, 0.1) is 36.4 Å². The third-order valence-corrected chi connectivity index (χ3v) is 9.85. The van der Waals surface area contributed by atoms with E-state index in [1.165, 1.54) is 77.6 Å². The number of ether oxygens (including phenoxy) is 2. The summed E-state index contributed by atoms with van der Waals surface area (Å²) < 4.78 is 11.5. The van der Waals surface area contributed by atoms with Gasteiger partial charge in [-0.05, 0) is 64.7 Å². The third-order valence-electron chi connectivity index (χ3n) is 9.85. The molecule has 0 amide bonds. The molecule has 0 aromatic heterocycles. The van der Waals surface area contributed by atoms with E-state index in [9.17, 15) is 24.9 Å². The summed E-state index contributed by atoms with van der Waals surface area (Å²) >= 11 is 0. The molecule has 2 heterocycles. The number of cyclic esters (lactones) is 1. The number of Topliss-reactive ketones (excluding diaryl/α,β-unsaturated/α-hetero) is 1. The van der Waals surface area contributed by atoms with Crippen molar-refractivity contribution in [3.63, 3.8) is 0 Å². The van der Waals surface area contributed by atoms with E-state index in [2.05, 4.69) is 6.92 Å². The summed E-state index contributed by atoms with van der Waals surface area (Å²) in [4.78, 5) is 23.1. The molecule has 0 saturated carbocycles. The van der Waals surface area contributed by atoms with Gasteiger partial charge >= 0.3 is 5.97 Å². The SMILES string of the molecule is CCCCCCCCCCCCCC[C@@H](O)[C@H]1CC[C@H]([C@H](O)CCCC[C@H](O)CCCCCC2CC(CC(C)=O)C(=O)O2)O1. The van der Waals surface area contributed by atoms with Gasteiger partial charge < -0.3 is 29.6 Å². The Balaban J connectivity index is 1.40. The van der Waals surface area contributed by atoms with Crippen molar-refractivity contribution in [2.24, 2.45) is 5.92 Å². The molecule has 7 atom stereocenters. The number of carbonyl (C=O) groups is 2. The van der Waals surface area contributed by atoms with Gasteiger partial charge in [-0.15, -0.1) is 0 Å². The molecule has 3 N–H and O–H groups in total. The second kappa shape index (κ2) is 24.2. The smallest absolute Gasteiger partial charge is 0.309 e. The lowest BCUT2D eigenvalue weighted by Crippen LogP contribution is -2.31. The van der Waals surface area contributed by atoms with Crippen molar-refractivity contribution in [1.82, 2.24) is 0 Å². The van der Waals surface area contributed by atoms with Crippen molar-refractivity contribution in [2.75, 3.05) is 0 Å². The van der Waals surface area contributed by atoms with Crippen molar-refractivity contribution < 1.29 is 34.4 Å². The Labute approximate surface area is 269 Å². The van der Waals surface area contributed by atoms with Crippen LogP contribution in [0.25, 0.3) is 0 Å². The Morgan fingerprint density at radius 2 is 1.16 bits per heavy atom. The molecular formula is C37H68O7. The zero-order valence-corrected chi connectivity index (χ0v) is 28.4. The Morgan fingerprint density at radius 3 is 1.70 bits per heavy atom. The van der Waals surface area contributed by atoms with Crippen molar-refractivity contribution in [3.8, 4) is 0 Å². The molecule has 0 spiro atoms. The second-order valence-corrected chi connectivity index (χ2v) is 14.1. The molecule has 7 heteroatoms. The van der Waals surface area contributed by atoms with Gasteiger partial charge in [0.2, 0.25) is 0 Å². The molecule has 2 aliphatic heterocycles. The summed E-state index contributed by atoms with van der Waals surface area (Å²) in [5.74, 6) is -0.459. The maximum Gasteiger partial charge on any atom is 0.309 e. The topological polar surface area (TPSA) is 113 Å². The van der Waals surface area contributed by atoms with E-state index in [1.54, 1.807) is 0 Å². The number of hydrogen-bond donors (Lipinski definition) is 3. The highest BCUT2D eigenvalue weighted by Crippen LogP contribution is 2.29. The quantitative estimate of drug-likeness (QED) is 0.0595. The first-order valence-electron chi connectivity index (χ1n) is 18.7. The largest absolute Gasteiger partial charge is 0.462 e. The summed E-state index contributed by atoms with van der Waals surface area (Å²) in [7, 11) is 0. The first kappa shape index (κ1) is 39.2. The number of carbonyl (C=O) groups excluding carboxylic acids is 2. The lowest BCUT2D eigenvalue weighted by atomic mass is 9.96. The van der Waals surface area contributed by atoms with E-state index in [4.69, 9.17) is 9.47 Å². The summed E-state index contributed by atoms with van der Waals surface area (Å²) in [5.41, 5.74) is 0. The van der Waals surface area contributed by atoms with Crippen LogP contribution in [0.4, 0.5) is 0 Å². The minimum atomic E-state index is -0.504. The molecule has 7 nitrogen and oxygen atoms in total. The van der Waals surface area contributed by atoms with Crippen LogP contribution in [-0.2, 0) is 19.1 Å². The number of aliphatic hydroxyl groups excluding tert-OH is 3. The van der Waals surface area contributed by atoms with E-state index in [0.717, 1.165) is 77.0 Å². The molecule has 0 aliphatic carbocycles. The highest BCUT2D eigenvalue weighted by molar-refractivity contribution is 5.83. The minimum absolute atomic E-state index is 0.0341. The summed E-state index contributed by atoms with van der Waals surface area (Å²) in [6.07, 6.45) is 25.1. The van der Waals surface area contributed by atoms with E-state index in [1.807, 2.05) is 0 Å². The predicted molar refractivity (Wildman–Crippen MR) is 176 cm³/mol. The fourth-order valence-corrected chi connectivity index (χ4v) is 7.04. The highest BCUT2D eigenvalue weighted by Gasteiger charge is 2.35. The number of unbranched alkanes of at least 4 members (excludes halogenated alkanes) is 14. The Kier molecular flexibility index (Phi) is 21.5. The van der Waals surface area contributed by atoms with Gasteiger partial charge in [-0.25, -0.2) is 0 Å². The molecule has 2 saturated heterocycles. The highest BCUT2D eigenvalue weighted by atomic mass is 16.6. The second-order valence-electron chi connectivity index (χ2n) is 14.1. The standard InChI is InChI=1S/C37H68O7/c1-3-4-5-6-7-8-9-10-11-12-13-17-23-33(40)35-25-26-36(44-35)34(41)24-19-18-21-31(39)20-15-14-16-22-32-28-30(27-29(2)38)37(42)43-32/h30-36,39-41H,3-28H2,1-2H3/t30?,31-,32?,33-,34-,35-,36-/m1/s1. The van der Waals surface area contributed by atoms with E-state index >= 15 is 0 Å². The molecule has 0 aromatic rings. The molecule has 258 valence electrons. The monoisotopic (exact) mass is 624 g/mol. The summed E-state index contributed by atoms with van der Waals surface area (Å²) in [6.45, 7) is 3.78. The Bertz CT molecular complexity index is 743. The maximum absolute atomic E-state index is 11.8. The normalized spacial score (nSPS) is 24.0. The Morgan fingerprint density at radius 1 is 0.705 bits per heavy atom. The van der Waals surface area contributed by atoms with Crippen LogP contribution in [-0.4, -0.2) is 63.7 Å². The van der Waals surface area contributed by atoms with Crippen molar-refractivity contribution in [1.29, 1.82) is 0 Å². The average Bonchev–Trinajstić information content (AvgIpc) is 3.62. The lowest BCUT2D eigenvalue weighted by molar-refractivity contribution is -0.145. The van der Waals surface area contributed by atoms with Gasteiger partial charge in [-0.2, -0.15) is 0 Å². The van der Waals surface area contributed by atoms with Crippen LogP contribution in [0.1, 0.15) is 181 Å². The lowest BCUT2D eigenvalue weighted by Gasteiger charge is -2.22. The number of aliphatic hydroxyl groups is 3. The molecule has 0 bridgehead atoms. The Hall–Kier alpha value is -1.02. The molecule has 2 aliphatic rings. The van der Waals surface area contributed by atoms with Crippen molar-refractivity contribution in [2.45, 2.75) is 217 Å². The van der Waals surface area contributed by atoms with Gasteiger partial charge in [0.15, 0.2) is 0 Å². The third kappa shape index (κ3) is 17.6. The van der Waals surface area contributed by atoms with Gasteiger partial charge in [-0.1, -0.05) is 110 Å². The van der Waals surface area contributed by atoms with E-state index < -0.39 is 12.2 Å². The van der Waals surface area contributed by atoms with Crippen LogP contribution in [0.5, 0.6) is 0 Å². The predicted octanol–water partition coefficient (Wildman–Crippen LogP) is 8.13. The molecule has 44 heavy (non-hydrogen) atoms.